The van der Waals surface area contributed by atoms with Crippen LogP contribution in [0.2, 0.25) is 5.02 Å². The molecule has 1 amide bonds. The lowest BCUT2D eigenvalue weighted by atomic mass is 10.0. The summed E-state index contributed by atoms with van der Waals surface area (Å²) in [5.74, 6) is -1.37. The number of rotatable bonds is 5. The van der Waals surface area contributed by atoms with Crippen molar-refractivity contribution >= 4 is 23.5 Å². The molecule has 1 aromatic rings. The molecule has 1 N–H and O–H groups in total. The van der Waals surface area contributed by atoms with Crippen molar-refractivity contribution in [2.24, 2.45) is 0 Å². The van der Waals surface area contributed by atoms with Crippen molar-refractivity contribution in [1.82, 2.24) is 4.90 Å². The van der Waals surface area contributed by atoms with E-state index < -0.39 is 5.97 Å². The molecule has 5 heteroatoms. The molecule has 0 aliphatic carbocycles. The number of benzene rings is 1. The minimum atomic E-state index is -1.03. The van der Waals surface area contributed by atoms with Gasteiger partial charge in [0.1, 0.15) is 6.54 Å². The minimum absolute atomic E-state index is 0.156. The van der Waals surface area contributed by atoms with Gasteiger partial charge in [0.25, 0.3) is 5.91 Å². The Labute approximate surface area is 124 Å². The van der Waals surface area contributed by atoms with Gasteiger partial charge in [0.2, 0.25) is 0 Å². The first-order chi connectivity index (χ1) is 9.27. The number of carboxylic acid groups (broad SMARTS) is 1. The fourth-order valence-corrected chi connectivity index (χ4v) is 2.19. The average Bonchev–Trinajstić information content (AvgIpc) is 2.38. The number of amides is 1. The van der Waals surface area contributed by atoms with Gasteiger partial charge in [0, 0.05) is 6.04 Å². The van der Waals surface area contributed by atoms with Crippen LogP contribution in [-0.2, 0) is 4.79 Å². The second-order valence-corrected chi connectivity index (χ2v) is 5.41. The van der Waals surface area contributed by atoms with Gasteiger partial charge in [-0.15, -0.1) is 0 Å². The number of carboxylic acids is 1. The fourth-order valence-electron chi connectivity index (χ4n) is 1.89. The highest BCUT2D eigenvalue weighted by Gasteiger charge is 2.24. The molecular formula is C15H20ClNO3. The molecule has 1 unspecified atom stereocenters. The second-order valence-electron chi connectivity index (χ2n) is 5.00. The van der Waals surface area contributed by atoms with Gasteiger partial charge in [-0.3, -0.25) is 9.59 Å². The lowest BCUT2D eigenvalue weighted by Crippen LogP contribution is -2.42. The maximum absolute atomic E-state index is 12.5. The summed E-state index contributed by atoms with van der Waals surface area (Å²) in [5.41, 5.74) is 2.31. The number of aliphatic carboxylic acids is 1. The number of carbonyl (C=O) groups is 2. The van der Waals surface area contributed by atoms with E-state index in [2.05, 4.69) is 0 Å². The third-order valence-corrected chi connectivity index (χ3v) is 3.82. The predicted molar refractivity (Wildman–Crippen MR) is 79.4 cm³/mol. The van der Waals surface area contributed by atoms with Crippen LogP contribution in [0.4, 0.5) is 0 Å². The van der Waals surface area contributed by atoms with E-state index in [9.17, 15) is 9.59 Å². The fraction of sp³-hybridized carbons (Fsp3) is 0.467. The van der Waals surface area contributed by atoms with Crippen LogP contribution in [0.5, 0.6) is 0 Å². The lowest BCUT2D eigenvalue weighted by Gasteiger charge is -2.27. The van der Waals surface area contributed by atoms with Crippen LogP contribution in [0.15, 0.2) is 12.1 Å². The monoisotopic (exact) mass is 297 g/mol. The first-order valence-electron chi connectivity index (χ1n) is 6.57. The molecule has 1 rings (SSSR count). The van der Waals surface area contributed by atoms with E-state index in [-0.39, 0.29) is 18.5 Å². The normalized spacial score (nSPS) is 12.1. The summed E-state index contributed by atoms with van der Waals surface area (Å²) >= 11 is 6.13. The highest BCUT2D eigenvalue weighted by atomic mass is 35.5. The molecule has 0 aliphatic heterocycles. The number of aryl methyl sites for hydroxylation is 2. The number of nitrogens with zero attached hydrogens (tertiary/aromatic N) is 1. The van der Waals surface area contributed by atoms with Crippen molar-refractivity contribution in [2.45, 2.75) is 40.2 Å². The van der Waals surface area contributed by atoms with Crippen molar-refractivity contribution in [3.63, 3.8) is 0 Å². The Hall–Kier alpha value is -1.55. The van der Waals surface area contributed by atoms with Gasteiger partial charge in [-0.2, -0.15) is 0 Å². The smallest absolute Gasteiger partial charge is 0.323 e. The summed E-state index contributed by atoms with van der Waals surface area (Å²) in [6.07, 6.45) is 0.682. The average molecular weight is 298 g/mol. The van der Waals surface area contributed by atoms with Crippen molar-refractivity contribution < 1.29 is 14.7 Å². The molecule has 110 valence electrons. The van der Waals surface area contributed by atoms with E-state index in [1.165, 1.54) is 4.90 Å². The molecule has 0 bridgehead atoms. The van der Waals surface area contributed by atoms with Crippen molar-refractivity contribution in [3.8, 4) is 0 Å². The third kappa shape index (κ3) is 3.73. The van der Waals surface area contributed by atoms with Gasteiger partial charge < -0.3 is 10.0 Å². The highest BCUT2D eigenvalue weighted by molar-refractivity contribution is 6.34. The summed E-state index contributed by atoms with van der Waals surface area (Å²) < 4.78 is 0. The lowest BCUT2D eigenvalue weighted by molar-refractivity contribution is -0.138. The van der Waals surface area contributed by atoms with Crippen LogP contribution in [-0.4, -0.2) is 34.5 Å². The molecule has 0 aromatic heterocycles. The van der Waals surface area contributed by atoms with E-state index in [1.54, 1.807) is 12.1 Å². The topological polar surface area (TPSA) is 57.6 Å². The van der Waals surface area contributed by atoms with Gasteiger partial charge in [-0.25, -0.2) is 0 Å². The highest BCUT2D eigenvalue weighted by Crippen LogP contribution is 2.23. The largest absolute Gasteiger partial charge is 0.480 e. The third-order valence-electron chi connectivity index (χ3n) is 3.50. The molecule has 0 saturated carbocycles. The maximum atomic E-state index is 12.5. The van der Waals surface area contributed by atoms with Crippen LogP contribution in [0.25, 0.3) is 0 Å². The summed E-state index contributed by atoms with van der Waals surface area (Å²) in [7, 11) is 0. The Bertz CT molecular complexity index is 528. The van der Waals surface area contributed by atoms with Crippen molar-refractivity contribution in [2.75, 3.05) is 6.54 Å². The Morgan fingerprint density at radius 3 is 2.35 bits per heavy atom. The van der Waals surface area contributed by atoms with Crippen molar-refractivity contribution in [3.05, 3.63) is 33.8 Å². The number of carbonyl (C=O) groups excluding carboxylic acids is 1. The van der Waals surface area contributed by atoms with Crippen LogP contribution in [0.1, 0.15) is 41.8 Å². The molecule has 0 radical (unpaired) electrons. The first kappa shape index (κ1) is 16.5. The van der Waals surface area contributed by atoms with E-state index in [0.717, 1.165) is 11.1 Å². The van der Waals surface area contributed by atoms with Gasteiger partial charge >= 0.3 is 5.97 Å². The van der Waals surface area contributed by atoms with E-state index in [0.29, 0.717) is 17.0 Å². The van der Waals surface area contributed by atoms with Crippen LogP contribution in [0, 0.1) is 13.8 Å². The molecule has 1 aromatic carbocycles. The standard InChI is InChI=1S/C15H20ClNO3/c1-5-11(4)17(8-14(18)19)15(20)12-6-9(2)10(3)7-13(12)16/h6-7,11H,5,8H2,1-4H3,(H,18,19). The molecular weight excluding hydrogens is 278 g/mol. The van der Waals surface area contributed by atoms with Crippen LogP contribution in [0.3, 0.4) is 0 Å². The number of halogens is 1. The maximum Gasteiger partial charge on any atom is 0.323 e. The zero-order chi connectivity index (χ0) is 15.4. The first-order valence-corrected chi connectivity index (χ1v) is 6.95. The number of hydrogen-bond donors (Lipinski definition) is 1. The number of hydrogen-bond acceptors (Lipinski definition) is 2. The molecule has 1 atom stereocenters. The molecule has 0 aliphatic rings. The van der Waals surface area contributed by atoms with E-state index >= 15 is 0 Å². The van der Waals surface area contributed by atoms with Crippen LogP contribution < -0.4 is 0 Å². The summed E-state index contributed by atoms with van der Waals surface area (Å²) in [6.45, 7) is 7.23. The second kappa shape index (κ2) is 6.75. The Morgan fingerprint density at radius 2 is 1.85 bits per heavy atom. The van der Waals surface area contributed by atoms with Gasteiger partial charge in [0.05, 0.1) is 10.6 Å². The van der Waals surface area contributed by atoms with E-state index in [4.69, 9.17) is 16.7 Å². The van der Waals surface area contributed by atoms with Crippen LogP contribution >= 0.6 is 11.6 Å². The Kier molecular flexibility index (Phi) is 5.57. The molecule has 0 saturated heterocycles. The summed E-state index contributed by atoms with van der Waals surface area (Å²) in [4.78, 5) is 24.8. The Balaban J connectivity index is 3.18. The summed E-state index contributed by atoms with van der Waals surface area (Å²) in [6, 6.07) is 3.30. The van der Waals surface area contributed by atoms with Gasteiger partial charge in [-0.1, -0.05) is 18.5 Å². The Morgan fingerprint density at radius 1 is 1.30 bits per heavy atom. The summed E-state index contributed by atoms with van der Waals surface area (Å²) in [5, 5.41) is 9.32. The molecule has 0 fully saturated rings. The van der Waals surface area contributed by atoms with Crippen molar-refractivity contribution in [1.29, 1.82) is 0 Å². The quantitative estimate of drug-likeness (QED) is 0.907. The zero-order valence-electron chi connectivity index (χ0n) is 12.2. The van der Waals surface area contributed by atoms with Gasteiger partial charge in [-0.05, 0) is 50.5 Å². The SMILES string of the molecule is CCC(C)N(CC(=O)O)C(=O)c1cc(C)c(C)cc1Cl. The van der Waals surface area contributed by atoms with Gasteiger partial charge in [0.15, 0.2) is 0 Å². The molecule has 4 nitrogen and oxygen atoms in total. The predicted octanol–water partition coefficient (Wildman–Crippen LogP) is 3.28. The molecule has 0 heterocycles. The zero-order valence-corrected chi connectivity index (χ0v) is 13.0. The molecule has 0 spiro atoms. The molecule has 20 heavy (non-hydrogen) atoms. The van der Waals surface area contributed by atoms with E-state index in [1.807, 2.05) is 27.7 Å². The minimum Gasteiger partial charge on any atom is -0.480 e.